The summed E-state index contributed by atoms with van der Waals surface area (Å²) in [5, 5.41) is 10.9. The van der Waals surface area contributed by atoms with Gasteiger partial charge in [0.15, 0.2) is 5.78 Å². The highest BCUT2D eigenvalue weighted by atomic mass is 32.1. The highest BCUT2D eigenvalue weighted by Gasteiger charge is 2.34. The van der Waals surface area contributed by atoms with Crippen molar-refractivity contribution in [1.29, 1.82) is 0 Å². The topological polar surface area (TPSA) is 57.6 Å². The van der Waals surface area contributed by atoms with E-state index in [1.165, 1.54) is 16.2 Å². The van der Waals surface area contributed by atoms with Gasteiger partial charge in [-0.2, -0.15) is 0 Å². The second-order valence-electron chi connectivity index (χ2n) is 3.48. The molecule has 0 aromatic carbocycles. The van der Waals surface area contributed by atoms with E-state index in [1.54, 1.807) is 11.4 Å². The highest BCUT2D eigenvalue weighted by molar-refractivity contribution is 7.12. The van der Waals surface area contributed by atoms with E-state index in [2.05, 4.69) is 0 Å². The molecule has 1 aromatic rings. The van der Waals surface area contributed by atoms with Gasteiger partial charge in [0.1, 0.15) is 0 Å². The average Bonchev–Trinajstić information content (AvgIpc) is 2.65. The zero-order valence-corrected chi connectivity index (χ0v) is 9.08. The number of fused-ring (bicyclic) bond motifs is 1. The molecule has 1 aliphatic heterocycles. The number of amides is 1. The van der Waals surface area contributed by atoms with Crippen LogP contribution in [0.5, 0.6) is 0 Å². The van der Waals surface area contributed by atoms with Gasteiger partial charge in [0.25, 0.3) is 0 Å². The summed E-state index contributed by atoms with van der Waals surface area (Å²) in [7, 11) is 0. The van der Waals surface area contributed by atoms with Crippen molar-refractivity contribution >= 4 is 28.9 Å². The second kappa shape index (κ2) is 3.66. The Morgan fingerprint density at radius 3 is 3.07 bits per heavy atom. The van der Waals surface area contributed by atoms with Crippen LogP contribution in [0.4, 0.5) is 10.5 Å². The Hall–Kier alpha value is -1.36. The van der Waals surface area contributed by atoms with Crippen LogP contribution in [0.3, 0.4) is 0 Å². The van der Waals surface area contributed by atoms with Crippen molar-refractivity contribution in [2.24, 2.45) is 0 Å². The minimum absolute atomic E-state index is 0.0596. The van der Waals surface area contributed by atoms with Gasteiger partial charge >= 0.3 is 6.09 Å². The lowest BCUT2D eigenvalue weighted by atomic mass is 9.99. The molecule has 0 fully saturated rings. The molecule has 2 rings (SSSR count). The number of rotatable bonds is 1. The number of hydrogen-bond acceptors (Lipinski definition) is 3. The highest BCUT2D eigenvalue weighted by Crippen LogP contribution is 2.35. The predicted octanol–water partition coefficient (Wildman–Crippen LogP) is 2.60. The molecule has 2 heterocycles. The summed E-state index contributed by atoms with van der Waals surface area (Å²) in [6.07, 6.45) is -0.0158. The number of nitrogens with zero attached hydrogens (tertiary/aromatic N) is 1. The van der Waals surface area contributed by atoms with Gasteiger partial charge < -0.3 is 5.11 Å². The molecule has 1 amide bonds. The van der Waals surface area contributed by atoms with E-state index in [0.717, 1.165) is 0 Å². The molecule has 1 aliphatic rings. The first kappa shape index (κ1) is 10.2. The number of thiophene rings is 1. The third-order valence-corrected chi connectivity index (χ3v) is 3.57. The predicted molar refractivity (Wildman–Crippen MR) is 57.8 cm³/mol. The number of anilines is 1. The van der Waals surface area contributed by atoms with Crippen LogP contribution < -0.4 is 4.90 Å². The fourth-order valence-corrected chi connectivity index (χ4v) is 2.72. The number of carbonyl (C=O) groups is 2. The maximum atomic E-state index is 11.7. The van der Waals surface area contributed by atoms with Crippen LogP contribution in [-0.2, 0) is 0 Å². The van der Waals surface area contributed by atoms with E-state index in [0.29, 0.717) is 23.4 Å². The van der Waals surface area contributed by atoms with Crippen LogP contribution in [0.15, 0.2) is 11.4 Å². The van der Waals surface area contributed by atoms with Crippen LogP contribution in [-0.4, -0.2) is 23.0 Å². The average molecular weight is 225 g/mol. The minimum Gasteiger partial charge on any atom is -0.465 e. The van der Waals surface area contributed by atoms with Crippen molar-refractivity contribution in [3.05, 3.63) is 16.3 Å². The van der Waals surface area contributed by atoms with E-state index >= 15 is 0 Å². The molecule has 4 nitrogen and oxygen atoms in total. The maximum Gasteiger partial charge on any atom is 0.412 e. The molecule has 15 heavy (non-hydrogen) atoms. The Morgan fingerprint density at radius 2 is 2.47 bits per heavy atom. The van der Waals surface area contributed by atoms with Gasteiger partial charge in [-0.05, 0) is 17.9 Å². The SMILES string of the molecule is CCC1CC(=O)c2sccc2N1C(=O)O. The number of ketones is 1. The molecular weight excluding hydrogens is 214 g/mol. The van der Waals surface area contributed by atoms with Gasteiger partial charge in [0.2, 0.25) is 0 Å². The quantitative estimate of drug-likeness (QED) is 0.799. The molecular formula is C10H11NO3S. The zero-order chi connectivity index (χ0) is 11.0. The largest absolute Gasteiger partial charge is 0.465 e. The Balaban J connectivity index is 2.48. The van der Waals surface area contributed by atoms with Crippen molar-refractivity contribution in [1.82, 2.24) is 0 Å². The molecule has 0 spiro atoms. The van der Waals surface area contributed by atoms with E-state index in [-0.39, 0.29) is 11.8 Å². The fraction of sp³-hybridized carbons (Fsp3) is 0.400. The van der Waals surface area contributed by atoms with Crippen molar-refractivity contribution in [2.75, 3.05) is 4.90 Å². The van der Waals surface area contributed by atoms with Gasteiger partial charge in [-0.15, -0.1) is 11.3 Å². The van der Waals surface area contributed by atoms with E-state index < -0.39 is 6.09 Å². The summed E-state index contributed by atoms with van der Waals surface area (Å²) in [4.78, 5) is 24.7. The lowest BCUT2D eigenvalue weighted by molar-refractivity contribution is 0.0969. The molecule has 0 aliphatic carbocycles. The van der Waals surface area contributed by atoms with Crippen LogP contribution in [0.2, 0.25) is 0 Å². The smallest absolute Gasteiger partial charge is 0.412 e. The number of Topliss-reactive ketones (excluding diaryl/α,β-unsaturated/α-hetero) is 1. The van der Waals surface area contributed by atoms with Crippen molar-refractivity contribution in [3.8, 4) is 0 Å². The van der Waals surface area contributed by atoms with Gasteiger partial charge in [-0.1, -0.05) is 6.92 Å². The normalized spacial score (nSPS) is 20.2. The summed E-state index contributed by atoms with van der Waals surface area (Å²) in [5.41, 5.74) is 0.551. The molecule has 1 aromatic heterocycles. The Morgan fingerprint density at radius 1 is 1.73 bits per heavy atom. The molecule has 0 saturated heterocycles. The zero-order valence-electron chi connectivity index (χ0n) is 8.27. The number of hydrogen-bond donors (Lipinski definition) is 1. The van der Waals surface area contributed by atoms with Gasteiger partial charge in [-0.25, -0.2) is 4.79 Å². The number of carboxylic acid groups (broad SMARTS) is 1. The van der Waals surface area contributed by atoms with E-state index in [1.807, 2.05) is 6.92 Å². The third kappa shape index (κ3) is 1.52. The summed E-state index contributed by atoms with van der Waals surface area (Å²) >= 11 is 1.31. The first-order valence-corrected chi connectivity index (χ1v) is 5.66. The minimum atomic E-state index is -0.978. The molecule has 1 N–H and O–H groups in total. The Kier molecular flexibility index (Phi) is 2.48. The summed E-state index contributed by atoms with van der Waals surface area (Å²) < 4.78 is 0. The standard InChI is InChI=1S/C10H11NO3S/c1-2-6-5-8(12)9-7(3-4-15-9)11(6)10(13)14/h3-4,6H,2,5H2,1H3,(H,13,14). The first-order chi connectivity index (χ1) is 7.15. The van der Waals surface area contributed by atoms with Crippen LogP contribution in [0.25, 0.3) is 0 Å². The molecule has 0 radical (unpaired) electrons. The van der Waals surface area contributed by atoms with Crippen molar-refractivity contribution in [2.45, 2.75) is 25.8 Å². The lowest BCUT2D eigenvalue weighted by Crippen LogP contribution is -2.43. The summed E-state index contributed by atoms with van der Waals surface area (Å²) in [6.45, 7) is 1.89. The van der Waals surface area contributed by atoms with E-state index in [4.69, 9.17) is 5.11 Å². The summed E-state index contributed by atoms with van der Waals surface area (Å²) in [5.74, 6) is 0.0596. The molecule has 1 atom stereocenters. The van der Waals surface area contributed by atoms with Crippen LogP contribution in [0.1, 0.15) is 29.4 Å². The maximum absolute atomic E-state index is 11.7. The molecule has 1 unspecified atom stereocenters. The molecule has 5 heteroatoms. The molecule has 0 saturated carbocycles. The monoisotopic (exact) mass is 225 g/mol. The second-order valence-corrected chi connectivity index (χ2v) is 4.39. The molecule has 80 valence electrons. The molecule has 0 bridgehead atoms. The Labute approximate surface area is 91.1 Å². The third-order valence-electron chi connectivity index (χ3n) is 2.62. The number of carbonyl (C=O) groups excluding carboxylic acids is 1. The van der Waals surface area contributed by atoms with Crippen LogP contribution in [0, 0.1) is 0 Å². The lowest BCUT2D eigenvalue weighted by Gasteiger charge is -2.31. The van der Waals surface area contributed by atoms with E-state index in [9.17, 15) is 9.59 Å². The van der Waals surface area contributed by atoms with Gasteiger partial charge in [0.05, 0.1) is 10.6 Å². The summed E-state index contributed by atoms with van der Waals surface area (Å²) in [6, 6.07) is 1.49. The van der Waals surface area contributed by atoms with Crippen molar-refractivity contribution in [3.63, 3.8) is 0 Å². The van der Waals surface area contributed by atoms with Crippen LogP contribution >= 0.6 is 11.3 Å². The van der Waals surface area contributed by atoms with Crippen molar-refractivity contribution < 1.29 is 14.7 Å². The Bertz CT molecular complexity index is 413. The first-order valence-electron chi connectivity index (χ1n) is 4.78. The fourth-order valence-electron chi connectivity index (χ4n) is 1.88. The van der Waals surface area contributed by atoms with Gasteiger partial charge in [0, 0.05) is 12.5 Å². The van der Waals surface area contributed by atoms with Gasteiger partial charge in [-0.3, -0.25) is 9.69 Å².